The molecular weight excluding hydrogens is 200 g/mol. The fourth-order valence-electron chi connectivity index (χ4n) is 2.71. The van der Waals surface area contributed by atoms with Crippen molar-refractivity contribution in [1.29, 1.82) is 0 Å². The summed E-state index contributed by atoms with van der Waals surface area (Å²) in [5.41, 5.74) is 3.16. The summed E-state index contributed by atoms with van der Waals surface area (Å²) in [6.45, 7) is 8.36. The number of aliphatic hydroxyl groups is 1. The molecule has 0 aromatic rings. The molecule has 0 fully saturated rings. The van der Waals surface area contributed by atoms with Crippen LogP contribution in [-0.2, 0) is 4.74 Å². The highest BCUT2D eigenvalue weighted by atomic mass is 16.5. The van der Waals surface area contributed by atoms with Gasteiger partial charge in [-0.3, -0.25) is 0 Å². The molecule has 0 aromatic carbocycles. The van der Waals surface area contributed by atoms with Crippen molar-refractivity contribution >= 4 is 0 Å². The number of rotatable bonds is 4. The summed E-state index contributed by atoms with van der Waals surface area (Å²) >= 11 is 0. The molecule has 0 aromatic heterocycles. The van der Waals surface area contributed by atoms with E-state index in [1.54, 1.807) is 7.11 Å². The molecule has 0 spiro atoms. The smallest absolute Gasteiger partial charge is 0.110 e. The molecule has 1 N–H and O–H groups in total. The Morgan fingerprint density at radius 1 is 1.38 bits per heavy atom. The Morgan fingerprint density at radius 3 is 2.44 bits per heavy atom. The van der Waals surface area contributed by atoms with Crippen LogP contribution in [0.2, 0.25) is 0 Å². The summed E-state index contributed by atoms with van der Waals surface area (Å²) in [5, 5.41) is 9.98. The van der Waals surface area contributed by atoms with E-state index in [9.17, 15) is 5.11 Å². The first-order valence-corrected chi connectivity index (χ1v) is 6.15. The van der Waals surface area contributed by atoms with Gasteiger partial charge in [-0.1, -0.05) is 20.3 Å². The lowest BCUT2D eigenvalue weighted by Gasteiger charge is -2.40. The van der Waals surface area contributed by atoms with Crippen molar-refractivity contribution in [3.63, 3.8) is 0 Å². The molecular formula is C14H24O2. The van der Waals surface area contributed by atoms with Crippen LogP contribution in [0.5, 0.6) is 0 Å². The summed E-state index contributed by atoms with van der Waals surface area (Å²) in [7, 11) is 1.77. The number of aliphatic hydroxyl groups excluding tert-OH is 1. The Hall–Kier alpha value is -0.600. The molecule has 0 heterocycles. The van der Waals surface area contributed by atoms with Crippen molar-refractivity contribution in [1.82, 2.24) is 0 Å². The van der Waals surface area contributed by atoms with Crippen molar-refractivity contribution in [2.45, 2.75) is 58.7 Å². The Morgan fingerprint density at radius 2 is 2.00 bits per heavy atom. The Kier molecular flexibility index (Phi) is 4.34. The van der Waals surface area contributed by atoms with Gasteiger partial charge >= 0.3 is 0 Å². The van der Waals surface area contributed by atoms with E-state index in [2.05, 4.69) is 20.8 Å². The SMILES string of the molecule is CCCC1=CC(O)C(C)=C(C)C1(CC)OC. The normalized spacial score (nSPS) is 30.6. The molecule has 2 heteroatoms. The number of methoxy groups -OCH3 is 1. The van der Waals surface area contributed by atoms with Gasteiger partial charge in [0.2, 0.25) is 0 Å². The van der Waals surface area contributed by atoms with Crippen LogP contribution in [0.1, 0.15) is 47.0 Å². The average Bonchev–Trinajstić information content (AvgIpc) is 2.28. The molecule has 92 valence electrons. The van der Waals surface area contributed by atoms with Gasteiger partial charge in [0.05, 0.1) is 6.10 Å². The van der Waals surface area contributed by atoms with Crippen LogP contribution in [0, 0.1) is 0 Å². The van der Waals surface area contributed by atoms with Crippen molar-refractivity contribution in [2.24, 2.45) is 0 Å². The number of hydrogen-bond acceptors (Lipinski definition) is 2. The molecule has 0 radical (unpaired) electrons. The molecule has 1 rings (SSSR count). The Labute approximate surface area is 99.0 Å². The van der Waals surface area contributed by atoms with Crippen molar-refractivity contribution in [3.8, 4) is 0 Å². The van der Waals surface area contributed by atoms with Gasteiger partial charge in [0.15, 0.2) is 0 Å². The number of ether oxygens (including phenoxy) is 1. The van der Waals surface area contributed by atoms with Crippen molar-refractivity contribution in [3.05, 3.63) is 22.8 Å². The van der Waals surface area contributed by atoms with Crippen LogP contribution < -0.4 is 0 Å². The van der Waals surface area contributed by atoms with E-state index in [0.29, 0.717) is 0 Å². The van der Waals surface area contributed by atoms with E-state index < -0.39 is 6.10 Å². The molecule has 2 nitrogen and oxygen atoms in total. The van der Waals surface area contributed by atoms with Crippen LogP contribution in [0.15, 0.2) is 22.8 Å². The fourth-order valence-corrected chi connectivity index (χ4v) is 2.71. The first kappa shape index (κ1) is 13.5. The van der Waals surface area contributed by atoms with Crippen LogP contribution in [-0.4, -0.2) is 23.9 Å². The van der Waals surface area contributed by atoms with Crippen LogP contribution >= 0.6 is 0 Å². The van der Waals surface area contributed by atoms with Crippen LogP contribution in [0.3, 0.4) is 0 Å². The van der Waals surface area contributed by atoms with E-state index in [-0.39, 0.29) is 5.60 Å². The summed E-state index contributed by atoms with van der Waals surface area (Å²) < 4.78 is 5.79. The molecule has 0 saturated carbocycles. The largest absolute Gasteiger partial charge is 0.385 e. The second-order valence-corrected chi connectivity index (χ2v) is 4.58. The van der Waals surface area contributed by atoms with E-state index in [1.807, 2.05) is 13.0 Å². The molecule has 16 heavy (non-hydrogen) atoms. The predicted molar refractivity (Wildman–Crippen MR) is 67.4 cm³/mol. The van der Waals surface area contributed by atoms with Crippen molar-refractivity contribution in [2.75, 3.05) is 7.11 Å². The van der Waals surface area contributed by atoms with Gasteiger partial charge in [-0.25, -0.2) is 0 Å². The molecule has 0 bridgehead atoms. The molecule has 0 amide bonds. The van der Waals surface area contributed by atoms with Gasteiger partial charge < -0.3 is 9.84 Å². The molecule has 0 saturated heterocycles. The molecule has 2 atom stereocenters. The maximum Gasteiger partial charge on any atom is 0.110 e. The van der Waals surface area contributed by atoms with E-state index in [1.165, 1.54) is 11.1 Å². The summed E-state index contributed by atoms with van der Waals surface area (Å²) in [6.07, 6.45) is 4.53. The minimum absolute atomic E-state index is 0.278. The quantitative estimate of drug-likeness (QED) is 0.743. The lowest BCUT2D eigenvalue weighted by molar-refractivity contribution is 0.0404. The van der Waals surface area contributed by atoms with Gasteiger partial charge in [-0.05, 0) is 49.5 Å². The highest BCUT2D eigenvalue weighted by Gasteiger charge is 2.38. The van der Waals surface area contributed by atoms with Gasteiger partial charge in [0.25, 0.3) is 0 Å². The summed E-state index contributed by atoms with van der Waals surface area (Å²) in [4.78, 5) is 0. The average molecular weight is 224 g/mol. The topological polar surface area (TPSA) is 29.5 Å². The third kappa shape index (κ3) is 1.96. The zero-order valence-electron chi connectivity index (χ0n) is 11.1. The monoisotopic (exact) mass is 224 g/mol. The summed E-state index contributed by atoms with van der Waals surface area (Å²) in [5.74, 6) is 0. The standard InChI is InChI=1S/C14H24O2/c1-6-8-12-9-13(15)10(3)11(4)14(12,7-2)16-5/h9,13,15H,6-8H2,1-5H3. The van der Waals surface area contributed by atoms with Gasteiger partial charge in [-0.15, -0.1) is 0 Å². The van der Waals surface area contributed by atoms with E-state index in [4.69, 9.17) is 4.74 Å². The molecule has 2 unspecified atom stereocenters. The Bertz CT molecular complexity index is 309. The minimum Gasteiger partial charge on any atom is -0.385 e. The van der Waals surface area contributed by atoms with Gasteiger partial charge in [-0.2, -0.15) is 0 Å². The zero-order valence-corrected chi connectivity index (χ0v) is 11.1. The minimum atomic E-state index is -0.434. The second-order valence-electron chi connectivity index (χ2n) is 4.58. The predicted octanol–water partition coefficient (Wildman–Crippen LogP) is 3.22. The highest BCUT2D eigenvalue weighted by Crippen LogP contribution is 2.41. The van der Waals surface area contributed by atoms with E-state index >= 15 is 0 Å². The third-order valence-corrected chi connectivity index (χ3v) is 3.88. The number of hydrogen-bond donors (Lipinski definition) is 1. The van der Waals surface area contributed by atoms with Gasteiger partial charge in [0.1, 0.15) is 5.60 Å². The first-order valence-electron chi connectivity index (χ1n) is 6.15. The highest BCUT2D eigenvalue weighted by molar-refractivity contribution is 5.42. The van der Waals surface area contributed by atoms with Crippen LogP contribution in [0.25, 0.3) is 0 Å². The molecule has 1 aliphatic rings. The van der Waals surface area contributed by atoms with Crippen LogP contribution in [0.4, 0.5) is 0 Å². The zero-order chi connectivity index (χ0) is 12.3. The second kappa shape index (κ2) is 5.15. The first-order chi connectivity index (χ1) is 7.53. The maximum atomic E-state index is 9.98. The molecule has 0 aliphatic heterocycles. The summed E-state index contributed by atoms with van der Waals surface area (Å²) in [6, 6.07) is 0. The van der Waals surface area contributed by atoms with Gasteiger partial charge in [0, 0.05) is 7.11 Å². The Balaban J connectivity index is 3.22. The lowest BCUT2D eigenvalue weighted by atomic mass is 9.74. The maximum absolute atomic E-state index is 9.98. The van der Waals surface area contributed by atoms with Crippen molar-refractivity contribution < 1.29 is 9.84 Å². The fraction of sp³-hybridized carbons (Fsp3) is 0.714. The lowest BCUT2D eigenvalue weighted by Crippen LogP contribution is -2.39. The molecule has 1 aliphatic carbocycles. The third-order valence-electron chi connectivity index (χ3n) is 3.88. The van der Waals surface area contributed by atoms with E-state index in [0.717, 1.165) is 24.8 Å².